The summed E-state index contributed by atoms with van der Waals surface area (Å²) < 4.78 is 5.47. The SMILES string of the molecule is Cc1cc(NC(=O)Cn2nc3n(CC(C)C)c(=O)c4sccc4n3c2=O)ccc1Br. The zero-order chi connectivity index (χ0) is 21.6. The quantitative estimate of drug-likeness (QED) is 0.465. The molecule has 156 valence electrons. The number of carbonyl (C=O) groups is 1. The number of carbonyl (C=O) groups excluding carboxylic acids is 1. The first-order chi connectivity index (χ1) is 14.3. The lowest BCUT2D eigenvalue weighted by atomic mass is 10.2. The minimum atomic E-state index is -0.451. The van der Waals surface area contributed by atoms with Crippen molar-refractivity contribution in [1.29, 1.82) is 0 Å². The third-order valence-electron chi connectivity index (χ3n) is 4.67. The maximum Gasteiger partial charge on any atom is 0.352 e. The summed E-state index contributed by atoms with van der Waals surface area (Å²) in [7, 11) is 0. The van der Waals surface area contributed by atoms with E-state index in [1.54, 1.807) is 17.5 Å². The highest BCUT2D eigenvalue weighted by molar-refractivity contribution is 9.10. The first kappa shape index (κ1) is 20.5. The van der Waals surface area contributed by atoms with Crippen LogP contribution in [-0.4, -0.2) is 24.7 Å². The standard InChI is InChI=1S/C20H20BrN5O3S/c1-11(2)9-24-18(28)17-15(6-7-30-17)26-19(24)23-25(20(26)29)10-16(27)22-13-4-5-14(21)12(3)8-13/h4-8,11H,9-10H2,1-3H3,(H,22,27). The van der Waals surface area contributed by atoms with Gasteiger partial charge in [0.1, 0.15) is 11.2 Å². The Morgan fingerprint density at radius 3 is 2.73 bits per heavy atom. The van der Waals surface area contributed by atoms with E-state index in [0.29, 0.717) is 22.4 Å². The molecule has 0 unspecified atom stereocenters. The van der Waals surface area contributed by atoms with Gasteiger partial charge in [0, 0.05) is 16.7 Å². The van der Waals surface area contributed by atoms with Crippen LogP contribution in [0.5, 0.6) is 0 Å². The molecule has 30 heavy (non-hydrogen) atoms. The Morgan fingerprint density at radius 1 is 1.27 bits per heavy atom. The van der Waals surface area contributed by atoms with Crippen LogP contribution >= 0.6 is 27.3 Å². The summed E-state index contributed by atoms with van der Waals surface area (Å²) >= 11 is 4.72. The molecule has 8 nitrogen and oxygen atoms in total. The molecule has 0 aliphatic heterocycles. The van der Waals surface area contributed by atoms with E-state index in [1.165, 1.54) is 20.3 Å². The van der Waals surface area contributed by atoms with Gasteiger partial charge in [-0.05, 0) is 48.1 Å². The molecule has 0 spiro atoms. The smallest absolute Gasteiger partial charge is 0.324 e. The number of nitrogens with one attached hydrogen (secondary N) is 1. The number of fused-ring (bicyclic) bond motifs is 3. The fourth-order valence-corrected chi connectivity index (χ4v) is 4.40. The number of hydrogen-bond donors (Lipinski definition) is 1. The van der Waals surface area contributed by atoms with Crippen molar-refractivity contribution in [3.63, 3.8) is 0 Å². The number of nitrogens with zero attached hydrogens (tertiary/aromatic N) is 4. The van der Waals surface area contributed by atoms with Crippen LogP contribution < -0.4 is 16.6 Å². The van der Waals surface area contributed by atoms with E-state index in [0.717, 1.165) is 14.7 Å². The van der Waals surface area contributed by atoms with E-state index in [9.17, 15) is 14.4 Å². The van der Waals surface area contributed by atoms with Crippen molar-refractivity contribution in [3.8, 4) is 0 Å². The van der Waals surface area contributed by atoms with Gasteiger partial charge in [-0.2, -0.15) is 0 Å². The molecule has 10 heteroatoms. The molecule has 4 aromatic rings. The Bertz CT molecular complexity index is 1400. The van der Waals surface area contributed by atoms with Crippen LogP contribution in [0.3, 0.4) is 0 Å². The molecule has 0 aliphatic rings. The van der Waals surface area contributed by atoms with Crippen molar-refractivity contribution < 1.29 is 4.79 Å². The Kier molecular flexibility index (Phi) is 5.37. The minimum absolute atomic E-state index is 0.173. The zero-order valence-electron chi connectivity index (χ0n) is 16.7. The summed E-state index contributed by atoms with van der Waals surface area (Å²) in [6.45, 7) is 6.08. The molecule has 1 N–H and O–H groups in total. The Balaban J connectivity index is 1.75. The number of rotatable bonds is 5. The number of thiophene rings is 1. The summed E-state index contributed by atoms with van der Waals surface area (Å²) in [6.07, 6.45) is 0. The van der Waals surface area contributed by atoms with E-state index in [1.807, 2.05) is 32.9 Å². The molecule has 0 aliphatic carbocycles. The molecular weight excluding hydrogens is 470 g/mol. The second-order valence-electron chi connectivity index (χ2n) is 7.53. The third-order valence-corrected chi connectivity index (χ3v) is 6.45. The van der Waals surface area contributed by atoms with Crippen molar-refractivity contribution in [2.75, 3.05) is 5.32 Å². The van der Waals surface area contributed by atoms with Crippen molar-refractivity contribution in [3.05, 3.63) is 60.5 Å². The van der Waals surface area contributed by atoms with Crippen LogP contribution in [-0.2, 0) is 17.9 Å². The molecule has 1 amide bonds. The van der Waals surface area contributed by atoms with Crippen molar-refractivity contribution in [2.45, 2.75) is 33.9 Å². The van der Waals surface area contributed by atoms with Crippen LogP contribution in [0.4, 0.5) is 5.69 Å². The summed E-state index contributed by atoms with van der Waals surface area (Å²) in [5, 5.41) is 8.90. The Hall–Kier alpha value is -2.72. The second-order valence-corrected chi connectivity index (χ2v) is 9.30. The summed E-state index contributed by atoms with van der Waals surface area (Å²) in [6, 6.07) is 7.19. The predicted molar refractivity (Wildman–Crippen MR) is 121 cm³/mol. The van der Waals surface area contributed by atoms with Gasteiger partial charge in [0.15, 0.2) is 0 Å². The van der Waals surface area contributed by atoms with Crippen molar-refractivity contribution in [1.82, 2.24) is 18.7 Å². The molecular formula is C20H20BrN5O3S. The van der Waals surface area contributed by atoms with Gasteiger partial charge in [-0.15, -0.1) is 16.4 Å². The van der Waals surface area contributed by atoms with Gasteiger partial charge in [-0.25, -0.2) is 13.9 Å². The lowest BCUT2D eigenvalue weighted by Gasteiger charge is -2.09. The van der Waals surface area contributed by atoms with E-state index >= 15 is 0 Å². The van der Waals surface area contributed by atoms with Crippen LogP contribution in [0.2, 0.25) is 0 Å². The Labute approximate surface area is 183 Å². The van der Waals surface area contributed by atoms with Gasteiger partial charge in [0.25, 0.3) is 5.56 Å². The maximum absolute atomic E-state index is 13.0. The molecule has 0 fully saturated rings. The fraction of sp³-hybridized carbons (Fsp3) is 0.300. The monoisotopic (exact) mass is 489 g/mol. The molecule has 0 bridgehead atoms. The van der Waals surface area contributed by atoms with E-state index in [-0.39, 0.29) is 29.7 Å². The van der Waals surface area contributed by atoms with Gasteiger partial charge >= 0.3 is 5.69 Å². The highest BCUT2D eigenvalue weighted by Gasteiger charge is 2.20. The normalized spacial score (nSPS) is 11.6. The fourth-order valence-electron chi connectivity index (χ4n) is 3.33. The van der Waals surface area contributed by atoms with Gasteiger partial charge in [-0.3, -0.25) is 14.2 Å². The topological polar surface area (TPSA) is 90.4 Å². The average molecular weight is 490 g/mol. The molecule has 3 heterocycles. The number of anilines is 1. The lowest BCUT2D eigenvalue weighted by Crippen LogP contribution is -2.29. The van der Waals surface area contributed by atoms with Crippen LogP contribution in [0.25, 0.3) is 16.0 Å². The molecule has 0 saturated heterocycles. The van der Waals surface area contributed by atoms with Gasteiger partial charge < -0.3 is 5.32 Å². The second kappa shape index (κ2) is 7.84. The van der Waals surface area contributed by atoms with E-state index < -0.39 is 5.69 Å². The number of benzene rings is 1. The minimum Gasteiger partial charge on any atom is -0.324 e. The van der Waals surface area contributed by atoms with E-state index in [4.69, 9.17) is 0 Å². The predicted octanol–water partition coefficient (Wildman–Crippen LogP) is 3.24. The highest BCUT2D eigenvalue weighted by Crippen LogP contribution is 2.20. The average Bonchev–Trinajstić information content (AvgIpc) is 3.27. The largest absolute Gasteiger partial charge is 0.352 e. The molecule has 3 aromatic heterocycles. The zero-order valence-corrected chi connectivity index (χ0v) is 19.1. The van der Waals surface area contributed by atoms with Gasteiger partial charge in [0.2, 0.25) is 11.7 Å². The molecule has 1 aromatic carbocycles. The molecule has 0 atom stereocenters. The van der Waals surface area contributed by atoms with Crippen molar-refractivity contribution >= 4 is 54.9 Å². The molecule has 4 rings (SSSR count). The number of halogens is 1. The van der Waals surface area contributed by atoms with Crippen molar-refractivity contribution in [2.24, 2.45) is 5.92 Å². The summed E-state index contributed by atoms with van der Waals surface area (Å²) in [4.78, 5) is 38.5. The summed E-state index contributed by atoms with van der Waals surface area (Å²) in [5.41, 5.74) is 1.51. The lowest BCUT2D eigenvalue weighted by molar-refractivity contribution is -0.117. The first-order valence-corrected chi connectivity index (χ1v) is 11.1. The number of aromatic nitrogens is 4. The number of hydrogen-bond acceptors (Lipinski definition) is 5. The summed E-state index contributed by atoms with van der Waals surface area (Å²) in [5.74, 6) is 0.0616. The van der Waals surface area contributed by atoms with Gasteiger partial charge in [0.05, 0.1) is 5.52 Å². The number of aryl methyl sites for hydroxylation is 1. The molecule has 0 saturated carbocycles. The maximum atomic E-state index is 13.0. The third kappa shape index (κ3) is 3.61. The molecule has 0 radical (unpaired) electrons. The number of amides is 1. The van der Waals surface area contributed by atoms with Crippen LogP contribution in [0.1, 0.15) is 19.4 Å². The van der Waals surface area contributed by atoms with Crippen LogP contribution in [0.15, 0.2) is 43.7 Å². The Morgan fingerprint density at radius 2 is 2.03 bits per heavy atom. The first-order valence-electron chi connectivity index (χ1n) is 9.42. The highest BCUT2D eigenvalue weighted by atomic mass is 79.9. The van der Waals surface area contributed by atoms with E-state index in [2.05, 4.69) is 26.3 Å². The van der Waals surface area contributed by atoms with Gasteiger partial charge in [-0.1, -0.05) is 29.8 Å². The van der Waals surface area contributed by atoms with Crippen LogP contribution in [0, 0.1) is 12.8 Å².